The maximum Gasteiger partial charge on any atom is 0 e. The smallest absolute Gasteiger partial charge is 0 e. The Bertz CT molecular complexity index is 76.7. The average Bonchev–Trinajstić information content (AvgIpc) is 1.41. The molecule has 0 rings (SSSR count). The number of hydrogen-bond donors (Lipinski definition) is 0. The van der Waals surface area contributed by atoms with Crippen molar-refractivity contribution in [1.82, 2.24) is 0 Å². The normalized spacial score (nSPS) is 4.33. The minimum atomic E-state index is 0. The van der Waals surface area contributed by atoms with E-state index in [1.807, 2.05) is 0 Å². The summed E-state index contributed by atoms with van der Waals surface area (Å²) in [7, 11) is 0. The predicted molar refractivity (Wildman–Crippen MR) is 11.2 cm³/mol. The minimum Gasteiger partial charge on any atom is 0 e. The Morgan fingerprint density at radius 3 is 1.50 bits per heavy atom. The van der Waals surface area contributed by atoms with Crippen LogP contribution in [0.2, 0.25) is 0 Å². The van der Waals surface area contributed by atoms with Crippen LogP contribution < -0.4 is 0 Å². The SMILES string of the molecule is N#[C][Cu][C]#N.[Ni]. The van der Waals surface area contributed by atoms with Gasteiger partial charge in [-0.3, -0.25) is 0 Å². The molecule has 0 aliphatic carbocycles. The first-order valence-electron chi connectivity index (χ1n) is 0.749. The Balaban J connectivity index is 0. The van der Waals surface area contributed by atoms with Crippen molar-refractivity contribution in [3.05, 3.63) is 0 Å². The topological polar surface area (TPSA) is 47.6 Å². The molecule has 0 atom stereocenters. The van der Waals surface area contributed by atoms with Gasteiger partial charge in [-0.25, -0.2) is 0 Å². The van der Waals surface area contributed by atoms with Crippen LogP contribution in [0.15, 0.2) is 0 Å². The quantitative estimate of drug-likeness (QED) is 0.486. The van der Waals surface area contributed by atoms with E-state index in [1.54, 1.807) is 9.94 Å². The summed E-state index contributed by atoms with van der Waals surface area (Å²) in [4.78, 5) is 3.12. The van der Waals surface area contributed by atoms with Crippen molar-refractivity contribution in [2.45, 2.75) is 0 Å². The number of nitriles is 2. The first-order valence-corrected chi connectivity index (χ1v) is 1.69. The second-order valence-corrected chi connectivity index (χ2v) is 0.867. The van der Waals surface area contributed by atoms with Gasteiger partial charge in [-0.1, -0.05) is 0 Å². The fourth-order valence-electron chi connectivity index (χ4n) is 0.0151. The molecule has 0 spiro atoms. The Kier molecular flexibility index (Phi) is 13.9. The van der Waals surface area contributed by atoms with Crippen molar-refractivity contribution in [1.29, 1.82) is 10.5 Å². The van der Waals surface area contributed by atoms with Crippen molar-refractivity contribution >= 4 is 0 Å². The Morgan fingerprint density at radius 1 is 1.17 bits per heavy atom. The van der Waals surface area contributed by atoms with E-state index in [4.69, 9.17) is 10.5 Å². The molecule has 0 N–H and O–H groups in total. The van der Waals surface area contributed by atoms with Crippen LogP contribution >= 0.6 is 0 Å². The van der Waals surface area contributed by atoms with Crippen LogP contribution in [-0.2, 0) is 31.4 Å². The van der Waals surface area contributed by atoms with E-state index in [2.05, 4.69) is 0 Å². The van der Waals surface area contributed by atoms with Gasteiger partial charge in [-0.05, 0) is 0 Å². The van der Waals surface area contributed by atoms with E-state index >= 15 is 0 Å². The molecule has 2 nitrogen and oxygen atoms in total. The fourth-order valence-corrected chi connectivity index (χ4v) is 0.0622. The Hall–Kier alpha value is -0.00701. The average molecular weight is 174 g/mol. The molecule has 0 aliphatic heterocycles. The van der Waals surface area contributed by atoms with Gasteiger partial charge in [0.25, 0.3) is 0 Å². The Labute approximate surface area is 52.2 Å². The molecule has 0 saturated heterocycles. The third-order valence-electron chi connectivity index (χ3n) is 0.0674. The summed E-state index contributed by atoms with van der Waals surface area (Å²) in [6.45, 7) is 0. The van der Waals surface area contributed by atoms with Crippen molar-refractivity contribution in [2.75, 3.05) is 0 Å². The van der Waals surface area contributed by atoms with Gasteiger partial charge in [0.05, 0.1) is 0 Å². The van der Waals surface area contributed by atoms with Gasteiger partial charge < -0.3 is 0 Å². The van der Waals surface area contributed by atoms with Crippen LogP contribution in [0, 0.1) is 20.5 Å². The summed E-state index contributed by atoms with van der Waals surface area (Å²) >= 11 is 0.646. The summed E-state index contributed by atoms with van der Waals surface area (Å²) in [6, 6.07) is 0. The van der Waals surface area contributed by atoms with Crippen molar-refractivity contribution in [2.24, 2.45) is 0 Å². The van der Waals surface area contributed by atoms with Gasteiger partial charge in [-0.15, -0.1) is 0 Å². The number of nitrogens with zero attached hydrogens (tertiary/aromatic N) is 2. The van der Waals surface area contributed by atoms with Crippen molar-refractivity contribution in [3.63, 3.8) is 0 Å². The second-order valence-electron chi connectivity index (χ2n) is 0.210. The van der Waals surface area contributed by atoms with Crippen LogP contribution in [0.25, 0.3) is 0 Å². The van der Waals surface area contributed by atoms with E-state index < -0.39 is 0 Å². The van der Waals surface area contributed by atoms with Crippen molar-refractivity contribution in [3.8, 4) is 9.94 Å². The van der Waals surface area contributed by atoms with E-state index in [-0.39, 0.29) is 16.5 Å². The maximum atomic E-state index is 7.55. The number of rotatable bonds is 0. The molecule has 0 unspecified atom stereocenters. The maximum absolute atomic E-state index is 7.55. The van der Waals surface area contributed by atoms with E-state index in [0.29, 0.717) is 15.0 Å². The summed E-state index contributed by atoms with van der Waals surface area (Å²) in [5, 5.41) is 15.1. The first-order chi connectivity index (χ1) is 2.41. The summed E-state index contributed by atoms with van der Waals surface area (Å²) in [5.74, 6) is 0. The monoisotopic (exact) mass is 173 g/mol. The molecular weight excluding hydrogens is 174 g/mol. The molecule has 0 radical (unpaired) electrons. The molecule has 0 aromatic heterocycles. The van der Waals surface area contributed by atoms with Crippen LogP contribution in [-0.4, -0.2) is 0 Å². The van der Waals surface area contributed by atoms with Gasteiger partial charge in [0.1, 0.15) is 0 Å². The fraction of sp³-hybridized carbons (Fsp3) is 0. The third kappa shape index (κ3) is 9.01. The molecule has 0 amide bonds. The van der Waals surface area contributed by atoms with Crippen LogP contribution in [0.3, 0.4) is 0 Å². The molecule has 0 aromatic rings. The number of hydrogen-bond acceptors (Lipinski definition) is 2. The van der Waals surface area contributed by atoms with Crippen LogP contribution in [0.4, 0.5) is 0 Å². The first kappa shape index (κ1) is 9.37. The summed E-state index contributed by atoms with van der Waals surface area (Å²) in [6.07, 6.45) is 0. The molecule has 0 aliphatic rings. The molecule has 0 fully saturated rings. The zero-order chi connectivity index (χ0) is 4.12. The van der Waals surface area contributed by atoms with Gasteiger partial charge >= 0.3 is 35.4 Å². The van der Waals surface area contributed by atoms with Gasteiger partial charge in [0.15, 0.2) is 0 Å². The van der Waals surface area contributed by atoms with Crippen LogP contribution in [0.5, 0.6) is 0 Å². The van der Waals surface area contributed by atoms with Crippen LogP contribution in [0.1, 0.15) is 0 Å². The molecule has 6 heavy (non-hydrogen) atoms. The zero-order valence-electron chi connectivity index (χ0n) is 2.51. The zero-order valence-corrected chi connectivity index (χ0v) is 4.44. The predicted octanol–water partition coefficient (Wildman–Crippen LogP) is 0.0286. The summed E-state index contributed by atoms with van der Waals surface area (Å²) < 4.78 is 0. The van der Waals surface area contributed by atoms with E-state index in [0.717, 1.165) is 0 Å². The molecule has 0 saturated carbocycles. The minimum absolute atomic E-state index is 0. The third-order valence-corrected chi connectivity index (χ3v) is 0.278. The second kappa shape index (κ2) is 8.89. The summed E-state index contributed by atoms with van der Waals surface area (Å²) in [5.41, 5.74) is 0. The molecular formula is C2CuN2Ni. The molecule has 0 aromatic carbocycles. The van der Waals surface area contributed by atoms with Gasteiger partial charge in [0.2, 0.25) is 0 Å². The standard InChI is InChI=1S/2CN.Cu.Ni/c2*1-2;;. The largest absolute Gasteiger partial charge is 0 e. The molecule has 0 heterocycles. The molecule has 39 valence electrons. The van der Waals surface area contributed by atoms with E-state index in [9.17, 15) is 0 Å². The molecule has 0 bridgehead atoms. The van der Waals surface area contributed by atoms with Gasteiger partial charge in [-0.2, -0.15) is 0 Å². The molecule has 4 heteroatoms. The Morgan fingerprint density at radius 2 is 1.50 bits per heavy atom. The van der Waals surface area contributed by atoms with Gasteiger partial charge in [0, 0.05) is 16.5 Å². The van der Waals surface area contributed by atoms with E-state index in [1.165, 1.54) is 0 Å². The van der Waals surface area contributed by atoms with Crippen molar-refractivity contribution < 1.29 is 31.4 Å².